The first-order valence-corrected chi connectivity index (χ1v) is 10.9. The van der Waals surface area contributed by atoms with Crippen LogP contribution in [0.25, 0.3) is 0 Å². The van der Waals surface area contributed by atoms with Crippen molar-refractivity contribution in [2.75, 3.05) is 0 Å². The Morgan fingerprint density at radius 2 is 2.00 bits per heavy atom. The molecule has 1 amide bonds. The Balaban J connectivity index is 2.12. The fraction of sp³-hybridized carbons (Fsp3) is 0.667. The van der Waals surface area contributed by atoms with Crippen molar-refractivity contribution in [2.24, 2.45) is 23.7 Å². The minimum absolute atomic E-state index is 0.0242. The van der Waals surface area contributed by atoms with Crippen molar-refractivity contribution in [1.82, 2.24) is 5.32 Å². The average molecular weight is 402 g/mol. The molecule has 5 nitrogen and oxygen atoms in total. The van der Waals surface area contributed by atoms with Crippen LogP contribution in [0.2, 0.25) is 0 Å². The van der Waals surface area contributed by atoms with E-state index in [0.29, 0.717) is 18.8 Å². The van der Waals surface area contributed by atoms with E-state index in [2.05, 4.69) is 45.2 Å². The van der Waals surface area contributed by atoms with Gasteiger partial charge >= 0.3 is 5.97 Å². The third kappa shape index (κ3) is 4.20. The molecule has 1 saturated heterocycles. The summed E-state index contributed by atoms with van der Waals surface area (Å²) in [4.78, 5) is 26.1. The van der Waals surface area contributed by atoms with Crippen molar-refractivity contribution in [3.8, 4) is 0 Å². The largest absolute Gasteiger partial charge is 0.444 e. The zero-order chi connectivity index (χ0) is 21.3. The van der Waals surface area contributed by atoms with Crippen molar-refractivity contribution in [1.29, 1.82) is 0 Å². The number of aliphatic hydroxyl groups is 1. The first kappa shape index (κ1) is 21.8. The first-order chi connectivity index (χ1) is 13.6. The number of esters is 1. The second-order valence-corrected chi connectivity index (χ2v) is 9.52. The zero-order valence-corrected chi connectivity index (χ0v) is 18.3. The molecule has 0 saturated carbocycles. The van der Waals surface area contributed by atoms with Gasteiger partial charge in [-0.25, -0.2) is 4.79 Å². The monoisotopic (exact) mass is 401 g/mol. The lowest BCUT2D eigenvalue weighted by Gasteiger charge is -2.45. The van der Waals surface area contributed by atoms with Gasteiger partial charge in [0.05, 0.1) is 6.10 Å². The molecule has 0 radical (unpaired) electrons. The van der Waals surface area contributed by atoms with Crippen LogP contribution in [0, 0.1) is 23.7 Å². The molecule has 0 aromatic heterocycles. The Kier molecular flexibility index (Phi) is 6.37. The number of nitrogens with one attached hydrogen (secondary N) is 1. The Hall–Kier alpha value is -1.88. The fourth-order valence-electron chi connectivity index (χ4n) is 5.25. The van der Waals surface area contributed by atoms with Crippen molar-refractivity contribution >= 4 is 11.9 Å². The number of hydrogen-bond acceptors (Lipinski definition) is 4. The van der Waals surface area contributed by atoms with Crippen molar-refractivity contribution in [3.63, 3.8) is 0 Å². The fourth-order valence-corrected chi connectivity index (χ4v) is 5.25. The second kappa shape index (κ2) is 8.47. The Morgan fingerprint density at radius 1 is 1.28 bits per heavy atom. The van der Waals surface area contributed by atoms with E-state index in [1.807, 2.05) is 6.92 Å². The maximum atomic E-state index is 13.4. The normalized spacial score (nSPS) is 41.0. The lowest BCUT2D eigenvalue weighted by atomic mass is 9.63. The lowest BCUT2D eigenvalue weighted by Crippen LogP contribution is -2.56. The molecule has 29 heavy (non-hydrogen) atoms. The van der Waals surface area contributed by atoms with E-state index in [-0.39, 0.29) is 29.7 Å². The summed E-state index contributed by atoms with van der Waals surface area (Å²) >= 11 is 0. The third-order valence-electron chi connectivity index (χ3n) is 6.79. The summed E-state index contributed by atoms with van der Waals surface area (Å²) in [5.74, 6) is -0.560. The number of rotatable bonds is 2. The number of carbonyl (C=O) groups is 2. The summed E-state index contributed by atoms with van der Waals surface area (Å²) in [5, 5.41) is 13.3. The smallest absolute Gasteiger partial charge is 0.331 e. The predicted octanol–water partition coefficient (Wildman–Crippen LogP) is 3.69. The second-order valence-electron chi connectivity index (χ2n) is 9.52. The number of amides is 1. The molecule has 0 aromatic carbocycles. The zero-order valence-electron chi connectivity index (χ0n) is 18.3. The van der Waals surface area contributed by atoms with Gasteiger partial charge in [-0.3, -0.25) is 4.79 Å². The van der Waals surface area contributed by atoms with Crippen molar-refractivity contribution in [3.05, 3.63) is 35.5 Å². The van der Waals surface area contributed by atoms with Crippen LogP contribution in [0.15, 0.2) is 35.5 Å². The molecular weight excluding hydrogens is 366 g/mol. The maximum Gasteiger partial charge on any atom is 0.331 e. The molecule has 1 aliphatic carbocycles. The number of carbonyl (C=O) groups excluding carboxylic acids is 2. The Labute approximate surface area is 174 Å². The number of aliphatic hydroxyl groups excluding tert-OH is 1. The molecular formula is C24H35NO4. The topological polar surface area (TPSA) is 75.6 Å². The van der Waals surface area contributed by atoms with E-state index in [4.69, 9.17) is 4.74 Å². The highest BCUT2D eigenvalue weighted by Crippen LogP contribution is 2.50. The quantitative estimate of drug-likeness (QED) is 0.547. The Morgan fingerprint density at radius 3 is 2.69 bits per heavy atom. The molecule has 6 atom stereocenters. The summed E-state index contributed by atoms with van der Waals surface area (Å²) in [6, 6.07) is -0.0242. The van der Waals surface area contributed by atoms with Gasteiger partial charge in [0.15, 0.2) is 0 Å². The van der Waals surface area contributed by atoms with Crippen LogP contribution in [0.5, 0.6) is 0 Å². The standard InChI is InChI=1S/C24H35NO4/c1-14(2)11-20-22-17(5)16(4)13-18-12-15(3)9-10-19(26)7-6-8-21(27)29-24(18,22)23(28)25-20/h6,8,12-14,17-20,22,26H,7,9-11H2,1-5H3,(H,25,28)/b8-6+,15-12+/t17-,18-,19+,20-,22-,24+/m0/s1. The minimum atomic E-state index is -1.22. The molecule has 0 bridgehead atoms. The molecule has 0 aromatic rings. The molecule has 1 fully saturated rings. The predicted molar refractivity (Wildman–Crippen MR) is 113 cm³/mol. The molecule has 2 heterocycles. The van der Waals surface area contributed by atoms with Gasteiger partial charge < -0.3 is 15.2 Å². The molecule has 2 N–H and O–H groups in total. The molecule has 3 rings (SSSR count). The van der Waals surface area contributed by atoms with Gasteiger partial charge in [-0.15, -0.1) is 0 Å². The average Bonchev–Trinajstić information content (AvgIpc) is 2.89. The number of ether oxygens (including phenoxy) is 1. The van der Waals surface area contributed by atoms with Gasteiger partial charge in [0.25, 0.3) is 5.91 Å². The summed E-state index contributed by atoms with van der Waals surface area (Å²) < 4.78 is 6.06. The summed E-state index contributed by atoms with van der Waals surface area (Å²) in [5.41, 5.74) is 1.11. The van der Waals surface area contributed by atoms with Crippen LogP contribution in [0.3, 0.4) is 0 Å². The molecule has 160 valence electrons. The van der Waals surface area contributed by atoms with E-state index >= 15 is 0 Å². The van der Waals surface area contributed by atoms with Crippen LogP contribution >= 0.6 is 0 Å². The van der Waals surface area contributed by atoms with Gasteiger partial charge in [-0.2, -0.15) is 0 Å². The molecule has 3 aliphatic rings. The lowest BCUT2D eigenvalue weighted by molar-refractivity contribution is -0.172. The minimum Gasteiger partial charge on any atom is -0.444 e. The highest BCUT2D eigenvalue weighted by atomic mass is 16.6. The summed E-state index contributed by atoms with van der Waals surface area (Å²) in [6.45, 7) is 10.6. The number of hydrogen-bond donors (Lipinski definition) is 2. The summed E-state index contributed by atoms with van der Waals surface area (Å²) in [6.07, 6.45) is 9.34. The molecule has 2 aliphatic heterocycles. The highest BCUT2D eigenvalue weighted by Gasteiger charge is 2.64. The highest BCUT2D eigenvalue weighted by molar-refractivity contribution is 5.94. The maximum absolute atomic E-state index is 13.4. The van der Waals surface area contributed by atoms with E-state index in [1.165, 1.54) is 11.6 Å². The van der Waals surface area contributed by atoms with E-state index in [1.54, 1.807) is 6.08 Å². The van der Waals surface area contributed by atoms with Crippen LogP contribution in [0.4, 0.5) is 0 Å². The van der Waals surface area contributed by atoms with Gasteiger partial charge in [0, 0.05) is 24.0 Å². The van der Waals surface area contributed by atoms with Crippen LogP contribution in [-0.4, -0.2) is 34.7 Å². The van der Waals surface area contributed by atoms with Gasteiger partial charge in [-0.05, 0) is 51.4 Å². The van der Waals surface area contributed by atoms with E-state index in [0.717, 1.165) is 18.4 Å². The SMILES string of the molecule is CC1=C[C@@H]2/C=C(\C)CC[C@H](O)C/C=C/C(=O)O[C@]23C(=O)N[C@@H](CC(C)C)[C@@H]3[C@H]1C. The molecule has 1 spiro atoms. The summed E-state index contributed by atoms with van der Waals surface area (Å²) in [7, 11) is 0. The van der Waals surface area contributed by atoms with Crippen LogP contribution in [-0.2, 0) is 14.3 Å². The van der Waals surface area contributed by atoms with Gasteiger partial charge in [-0.1, -0.05) is 50.1 Å². The van der Waals surface area contributed by atoms with Gasteiger partial charge in [0.1, 0.15) is 0 Å². The first-order valence-electron chi connectivity index (χ1n) is 10.9. The van der Waals surface area contributed by atoms with Crippen molar-refractivity contribution < 1.29 is 19.4 Å². The van der Waals surface area contributed by atoms with Gasteiger partial charge in [0.2, 0.25) is 5.60 Å². The van der Waals surface area contributed by atoms with E-state index < -0.39 is 17.7 Å². The molecule has 0 unspecified atom stereocenters. The Bertz CT molecular complexity index is 750. The van der Waals surface area contributed by atoms with Crippen LogP contribution in [0.1, 0.15) is 60.3 Å². The third-order valence-corrected chi connectivity index (χ3v) is 6.79. The van der Waals surface area contributed by atoms with Crippen LogP contribution < -0.4 is 5.32 Å². The molecule has 5 heteroatoms. The number of allylic oxidation sites excluding steroid dienone is 2. The van der Waals surface area contributed by atoms with Crippen molar-refractivity contribution in [2.45, 2.75) is 78.0 Å². The van der Waals surface area contributed by atoms with E-state index in [9.17, 15) is 14.7 Å².